The van der Waals surface area contributed by atoms with Crippen LogP contribution in [0.1, 0.15) is 48.9 Å². The van der Waals surface area contributed by atoms with Gasteiger partial charge in [-0.2, -0.15) is 0 Å². The van der Waals surface area contributed by atoms with Crippen molar-refractivity contribution in [2.75, 3.05) is 6.54 Å². The summed E-state index contributed by atoms with van der Waals surface area (Å²) in [7, 11) is 0. The van der Waals surface area contributed by atoms with Crippen LogP contribution in [-0.2, 0) is 4.79 Å². The molecule has 1 aromatic carbocycles. The number of hydrogen-bond donors (Lipinski definition) is 2. The number of nitrogens with one attached hydrogen (secondary N) is 1. The number of carbonyl (C=O) groups is 2. The lowest BCUT2D eigenvalue weighted by Gasteiger charge is -2.28. The predicted molar refractivity (Wildman–Crippen MR) is 83.4 cm³/mol. The second-order valence-electron chi connectivity index (χ2n) is 5.67. The van der Waals surface area contributed by atoms with Gasteiger partial charge in [0.2, 0.25) is 5.91 Å². The molecule has 0 heterocycles. The number of Topliss-reactive ketones (excluding diaryl/α,β-unsaturated/α-hetero) is 1. The van der Waals surface area contributed by atoms with Crippen LogP contribution in [0.15, 0.2) is 24.3 Å². The van der Waals surface area contributed by atoms with Gasteiger partial charge in [-0.1, -0.05) is 24.4 Å². The molecule has 0 spiro atoms. The smallest absolute Gasteiger partial charge is 0.220 e. The molecule has 0 saturated heterocycles. The van der Waals surface area contributed by atoms with Crippen molar-refractivity contribution in [2.24, 2.45) is 5.73 Å². The molecule has 2 rings (SSSR count). The normalized spacial score (nSPS) is 16.7. The number of rotatable bonds is 6. The molecule has 0 unspecified atom stereocenters. The maximum absolute atomic E-state index is 12.0. The standard InChI is InChI=1S/C16H21ClN2O2/c17-13-5-3-12(4-6-13)14(20)7-8-15(21)19-16(11-18)9-1-2-10-16/h3-6H,1-2,7-11,18H2,(H,19,21). The van der Waals surface area contributed by atoms with Crippen molar-refractivity contribution in [3.63, 3.8) is 0 Å². The van der Waals surface area contributed by atoms with Crippen molar-refractivity contribution in [3.8, 4) is 0 Å². The Morgan fingerprint density at radius 3 is 2.33 bits per heavy atom. The summed E-state index contributed by atoms with van der Waals surface area (Å²) in [5, 5.41) is 3.61. The Labute approximate surface area is 130 Å². The van der Waals surface area contributed by atoms with Crippen LogP contribution >= 0.6 is 11.6 Å². The topological polar surface area (TPSA) is 72.2 Å². The van der Waals surface area contributed by atoms with E-state index in [4.69, 9.17) is 17.3 Å². The lowest BCUT2D eigenvalue weighted by atomic mass is 9.97. The maximum Gasteiger partial charge on any atom is 0.220 e. The molecular weight excluding hydrogens is 288 g/mol. The number of halogens is 1. The van der Waals surface area contributed by atoms with Crippen molar-refractivity contribution < 1.29 is 9.59 Å². The van der Waals surface area contributed by atoms with E-state index in [1.807, 2.05) is 0 Å². The van der Waals surface area contributed by atoms with Gasteiger partial charge < -0.3 is 11.1 Å². The molecule has 1 fully saturated rings. The molecule has 1 aliphatic rings. The molecule has 1 aliphatic carbocycles. The average Bonchev–Trinajstić information content (AvgIpc) is 2.94. The zero-order valence-electron chi connectivity index (χ0n) is 12.0. The molecular formula is C16H21ClN2O2. The molecule has 4 nitrogen and oxygen atoms in total. The molecule has 0 radical (unpaired) electrons. The van der Waals surface area contributed by atoms with Crippen molar-refractivity contribution in [3.05, 3.63) is 34.9 Å². The Morgan fingerprint density at radius 1 is 1.14 bits per heavy atom. The van der Waals surface area contributed by atoms with Crippen LogP contribution in [0.25, 0.3) is 0 Å². The molecule has 21 heavy (non-hydrogen) atoms. The van der Waals surface area contributed by atoms with Crippen LogP contribution in [-0.4, -0.2) is 23.8 Å². The summed E-state index contributed by atoms with van der Waals surface area (Å²) in [6.45, 7) is 0.462. The van der Waals surface area contributed by atoms with E-state index >= 15 is 0 Å². The SMILES string of the molecule is NCC1(NC(=O)CCC(=O)c2ccc(Cl)cc2)CCCC1. The molecule has 114 valence electrons. The molecule has 1 saturated carbocycles. The van der Waals surface area contributed by atoms with Gasteiger partial charge in [-0.25, -0.2) is 0 Å². The van der Waals surface area contributed by atoms with Gasteiger partial charge in [0, 0.05) is 30.0 Å². The Kier molecular flexibility index (Phi) is 5.37. The molecule has 1 aromatic rings. The highest BCUT2D eigenvalue weighted by Gasteiger charge is 2.33. The zero-order valence-corrected chi connectivity index (χ0v) is 12.8. The first-order valence-corrected chi connectivity index (χ1v) is 7.72. The second kappa shape index (κ2) is 7.05. The second-order valence-corrected chi connectivity index (χ2v) is 6.11. The Morgan fingerprint density at radius 2 is 1.76 bits per heavy atom. The van der Waals surface area contributed by atoms with Gasteiger partial charge in [0.1, 0.15) is 0 Å². The first-order valence-electron chi connectivity index (χ1n) is 7.34. The van der Waals surface area contributed by atoms with Gasteiger partial charge in [-0.05, 0) is 37.1 Å². The van der Waals surface area contributed by atoms with Gasteiger partial charge in [-0.15, -0.1) is 0 Å². The Bertz CT molecular complexity index is 508. The van der Waals surface area contributed by atoms with Gasteiger partial charge >= 0.3 is 0 Å². The van der Waals surface area contributed by atoms with E-state index in [9.17, 15) is 9.59 Å². The van der Waals surface area contributed by atoms with Crippen LogP contribution < -0.4 is 11.1 Å². The van der Waals surface area contributed by atoms with E-state index in [0.29, 0.717) is 17.1 Å². The molecule has 0 bridgehead atoms. The number of nitrogens with two attached hydrogens (primary N) is 1. The van der Waals surface area contributed by atoms with E-state index in [0.717, 1.165) is 25.7 Å². The lowest BCUT2D eigenvalue weighted by molar-refractivity contribution is -0.122. The molecule has 0 atom stereocenters. The molecule has 0 aliphatic heterocycles. The molecule has 5 heteroatoms. The monoisotopic (exact) mass is 308 g/mol. The van der Waals surface area contributed by atoms with Crippen LogP contribution in [0, 0.1) is 0 Å². The van der Waals surface area contributed by atoms with Gasteiger partial charge in [-0.3, -0.25) is 9.59 Å². The van der Waals surface area contributed by atoms with Crippen LogP contribution in [0.2, 0.25) is 5.02 Å². The van der Waals surface area contributed by atoms with Gasteiger partial charge in [0.25, 0.3) is 0 Å². The lowest BCUT2D eigenvalue weighted by Crippen LogP contribution is -2.51. The van der Waals surface area contributed by atoms with E-state index in [2.05, 4.69) is 5.32 Å². The summed E-state index contributed by atoms with van der Waals surface area (Å²) in [6, 6.07) is 6.72. The fraction of sp³-hybridized carbons (Fsp3) is 0.500. The van der Waals surface area contributed by atoms with Gasteiger partial charge in [0.05, 0.1) is 5.54 Å². The number of hydrogen-bond acceptors (Lipinski definition) is 3. The maximum atomic E-state index is 12.0. The first kappa shape index (κ1) is 16.0. The average molecular weight is 309 g/mol. The number of ketones is 1. The van der Waals surface area contributed by atoms with Crippen molar-refractivity contribution >= 4 is 23.3 Å². The third kappa shape index (κ3) is 4.29. The van der Waals surface area contributed by atoms with E-state index < -0.39 is 0 Å². The van der Waals surface area contributed by atoms with Crippen molar-refractivity contribution in [1.29, 1.82) is 0 Å². The third-order valence-corrected chi connectivity index (χ3v) is 4.35. The minimum absolute atomic E-state index is 0.0463. The van der Waals surface area contributed by atoms with E-state index in [-0.39, 0.29) is 30.1 Å². The quantitative estimate of drug-likeness (QED) is 0.794. The third-order valence-electron chi connectivity index (χ3n) is 4.10. The summed E-state index contributed by atoms with van der Waals surface area (Å²) in [5.41, 5.74) is 6.12. The van der Waals surface area contributed by atoms with Crippen molar-refractivity contribution in [1.82, 2.24) is 5.32 Å². The minimum atomic E-state index is -0.250. The van der Waals surface area contributed by atoms with Crippen LogP contribution in [0.5, 0.6) is 0 Å². The largest absolute Gasteiger partial charge is 0.349 e. The van der Waals surface area contributed by atoms with E-state index in [1.165, 1.54) is 0 Å². The molecule has 0 aromatic heterocycles. The summed E-state index contributed by atoms with van der Waals surface area (Å²) < 4.78 is 0. The Hall–Kier alpha value is -1.39. The van der Waals surface area contributed by atoms with E-state index in [1.54, 1.807) is 24.3 Å². The van der Waals surface area contributed by atoms with Crippen molar-refractivity contribution in [2.45, 2.75) is 44.1 Å². The van der Waals surface area contributed by atoms with Crippen LogP contribution in [0.4, 0.5) is 0 Å². The highest BCUT2D eigenvalue weighted by Crippen LogP contribution is 2.28. The summed E-state index contributed by atoms with van der Waals surface area (Å²) in [4.78, 5) is 24.0. The zero-order chi connectivity index (χ0) is 15.3. The van der Waals surface area contributed by atoms with Gasteiger partial charge in [0.15, 0.2) is 5.78 Å². The number of carbonyl (C=O) groups excluding carboxylic acids is 2. The summed E-state index contributed by atoms with van der Waals surface area (Å²) in [5.74, 6) is -0.139. The number of benzene rings is 1. The highest BCUT2D eigenvalue weighted by atomic mass is 35.5. The number of amides is 1. The fourth-order valence-electron chi connectivity index (χ4n) is 2.80. The molecule has 1 amide bonds. The Balaban J connectivity index is 1.83. The summed E-state index contributed by atoms with van der Waals surface area (Å²) >= 11 is 5.78. The fourth-order valence-corrected chi connectivity index (χ4v) is 2.92. The predicted octanol–water partition coefficient (Wildman–Crippen LogP) is 2.69. The summed E-state index contributed by atoms with van der Waals surface area (Å²) in [6.07, 6.45) is 4.46. The first-order chi connectivity index (χ1) is 10.0. The highest BCUT2D eigenvalue weighted by molar-refractivity contribution is 6.30. The van der Waals surface area contributed by atoms with Crippen LogP contribution in [0.3, 0.4) is 0 Å². The minimum Gasteiger partial charge on any atom is -0.349 e. The molecule has 3 N–H and O–H groups in total.